The number of aromatic nitrogens is 1. The van der Waals surface area contributed by atoms with Crippen molar-refractivity contribution < 1.29 is 4.92 Å². The number of likely N-dealkylation sites (N-methyl/N-ethyl adjacent to an activating group) is 1. The molecule has 1 saturated heterocycles. The third kappa shape index (κ3) is 3.58. The van der Waals surface area contributed by atoms with Crippen LogP contribution in [0.4, 0.5) is 11.4 Å². The molecule has 1 N–H and O–H groups in total. The maximum atomic E-state index is 11.4. The SMILES string of the molecule is CN1CCN(CCNc2c([N+](=O)[O-])c(Cl)nc3ccccc23)CC1. The van der Waals surface area contributed by atoms with E-state index in [9.17, 15) is 10.1 Å². The van der Waals surface area contributed by atoms with E-state index in [1.165, 1.54) is 0 Å². The van der Waals surface area contributed by atoms with Gasteiger partial charge in [0.05, 0.1) is 10.4 Å². The monoisotopic (exact) mass is 349 g/mol. The van der Waals surface area contributed by atoms with Gasteiger partial charge in [0.1, 0.15) is 5.69 Å². The maximum Gasteiger partial charge on any atom is 0.329 e. The Labute approximate surface area is 145 Å². The number of anilines is 1. The number of hydrogen-bond acceptors (Lipinski definition) is 6. The van der Waals surface area contributed by atoms with Gasteiger partial charge in [0.15, 0.2) is 0 Å². The number of piperazine rings is 1. The fraction of sp³-hybridized carbons (Fsp3) is 0.438. The minimum absolute atomic E-state index is 0.0826. The van der Waals surface area contributed by atoms with Crippen LogP contribution >= 0.6 is 11.6 Å². The molecule has 0 amide bonds. The summed E-state index contributed by atoms with van der Waals surface area (Å²) in [7, 11) is 2.12. The first-order chi connectivity index (χ1) is 11.6. The third-order valence-electron chi connectivity index (χ3n) is 4.33. The zero-order valence-electron chi connectivity index (χ0n) is 13.5. The first-order valence-electron chi connectivity index (χ1n) is 7.93. The van der Waals surface area contributed by atoms with E-state index < -0.39 is 4.92 Å². The molecular formula is C16H20ClN5O2. The minimum Gasteiger partial charge on any atom is -0.378 e. The molecule has 0 atom stereocenters. The van der Waals surface area contributed by atoms with E-state index >= 15 is 0 Å². The first-order valence-corrected chi connectivity index (χ1v) is 8.31. The summed E-state index contributed by atoms with van der Waals surface area (Å²) in [6.07, 6.45) is 0. The van der Waals surface area contributed by atoms with E-state index in [2.05, 4.69) is 27.1 Å². The van der Waals surface area contributed by atoms with Gasteiger partial charge in [-0.25, -0.2) is 4.98 Å². The van der Waals surface area contributed by atoms with Gasteiger partial charge in [0, 0.05) is 44.7 Å². The van der Waals surface area contributed by atoms with Crippen LogP contribution in [0, 0.1) is 10.1 Å². The molecule has 0 saturated carbocycles. The number of nitro groups is 1. The quantitative estimate of drug-likeness (QED) is 0.507. The molecule has 1 fully saturated rings. The lowest BCUT2D eigenvalue weighted by Gasteiger charge is -2.32. The van der Waals surface area contributed by atoms with Gasteiger partial charge in [-0.05, 0) is 13.1 Å². The number of hydrogen-bond donors (Lipinski definition) is 1. The molecule has 0 aliphatic carbocycles. The predicted octanol–water partition coefficient (Wildman–Crippen LogP) is 2.46. The molecule has 0 unspecified atom stereocenters. The molecular weight excluding hydrogens is 330 g/mol. The van der Waals surface area contributed by atoms with Crippen LogP contribution in [-0.4, -0.2) is 66.0 Å². The van der Waals surface area contributed by atoms with Crippen molar-refractivity contribution in [3.05, 3.63) is 39.5 Å². The molecule has 7 nitrogen and oxygen atoms in total. The molecule has 1 aliphatic rings. The van der Waals surface area contributed by atoms with Crippen LogP contribution in [0.2, 0.25) is 5.15 Å². The van der Waals surface area contributed by atoms with Crippen LogP contribution in [0.3, 0.4) is 0 Å². The third-order valence-corrected chi connectivity index (χ3v) is 4.60. The first kappa shape index (κ1) is 16.9. The Morgan fingerprint density at radius 2 is 2.00 bits per heavy atom. The highest BCUT2D eigenvalue weighted by atomic mass is 35.5. The molecule has 2 heterocycles. The van der Waals surface area contributed by atoms with Crippen molar-refractivity contribution in [3.63, 3.8) is 0 Å². The summed E-state index contributed by atoms with van der Waals surface area (Å²) >= 11 is 6.04. The molecule has 2 aromatic rings. The van der Waals surface area contributed by atoms with Crippen molar-refractivity contribution in [1.82, 2.24) is 14.8 Å². The molecule has 1 aliphatic heterocycles. The Morgan fingerprint density at radius 3 is 2.71 bits per heavy atom. The molecule has 24 heavy (non-hydrogen) atoms. The van der Waals surface area contributed by atoms with Crippen molar-refractivity contribution in [2.75, 3.05) is 51.6 Å². The van der Waals surface area contributed by atoms with Gasteiger partial charge in [-0.15, -0.1) is 0 Å². The molecule has 3 rings (SSSR count). The number of rotatable bonds is 5. The van der Waals surface area contributed by atoms with Gasteiger partial charge in [-0.2, -0.15) is 0 Å². The second kappa shape index (κ2) is 7.29. The number of halogens is 1. The summed E-state index contributed by atoms with van der Waals surface area (Å²) in [5.41, 5.74) is 0.939. The zero-order chi connectivity index (χ0) is 17.1. The summed E-state index contributed by atoms with van der Waals surface area (Å²) in [5, 5.41) is 15.3. The van der Waals surface area contributed by atoms with Gasteiger partial charge in [0.2, 0.25) is 5.15 Å². The fourth-order valence-electron chi connectivity index (χ4n) is 2.93. The van der Waals surface area contributed by atoms with E-state index in [0.717, 1.165) is 32.7 Å². The molecule has 1 aromatic carbocycles. The molecule has 0 radical (unpaired) electrons. The minimum atomic E-state index is -0.472. The number of benzene rings is 1. The molecule has 0 bridgehead atoms. The smallest absolute Gasteiger partial charge is 0.329 e. The Kier molecular flexibility index (Phi) is 5.13. The summed E-state index contributed by atoms with van der Waals surface area (Å²) in [6.45, 7) is 5.57. The van der Waals surface area contributed by atoms with E-state index in [4.69, 9.17) is 11.6 Å². The van der Waals surface area contributed by atoms with E-state index in [1.54, 1.807) is 6.07 Å². The van der Waals surface area contributed by atoms with E-state index in [0.29, 0.717) is 23.1 Å². The van der Waals surface area contributed by atoms with Crippen molar-refractivity contribution in [2.24, 2.45) is 0 Å². The summed E-state index contributed by atoms with van der Waals surface area (Å²) in [6, 6.07) is 7.30. The van der Waals surface area contributed by atoms with Crippen LogP contribution < -0.4 is 5.32 Å². The number of para-hydroxylation sites is 1. The second-order valence-electron chi connectivity index (χ2n) is 5.97. The Hall–Kier alpha value is -1.96. The van der Waals surface area contributed by atoms with Gasteiger partial charge in [-0.1, -0.05) is 29.8 Å². The van der Waals surface area contributed by atoms with Gasteiger partial charge < -0.3 is 10.2 Å². The van der Waals surface area contributed by atoms with Gasteiger partial charge in [-0.3, -0.25) is 15.0 Å². The lowest BCUT2D eigenvalue weighted by atomic mass is 10.1. The highest BCUT2D eigenvalue weighted by Crippen LogP contribution is 2.37. The zero-order valence-corrected chi connectivity index (χ0v) is 14.3. The standard InChI is InChI=1S/C16H20ClN5O2/c1-20-8-10-21(11-9-20)7-6-18-14-12-4-2-3-5-13(12)19-16(17)15(14)22(23)24/h2-5H,6-11H2,1H3,(H,18,19). The number of pyridine rings is 1. The van der Waals surface area contributed by atoms with Gasteiger partial charge in [0.25, 0.3) is 0 Å². The molecule has 128 valence electrons. The van der Waals surface area contributed by atoms with Crippen molar-refractivity contribution in [3.8, 4) is 0 Å². The van der Waals surface area contributed by atoms with Crippen molar-refractivity contribution >= 4 is 33.9 Å². The van der Waals surface area contributed by atoms with Crippen LogP contribution in [0.25, 0.3) is 10.9 Å². The summed E-state index contributed by atoms with van der Waals surface area (Å²) in [5.74, 6) is 0. The van der Waals surface area contributed by atoms with E-state index in [-0.39, 0.29) is 10.8 Å². The Morgan fingerprint density at radius 1 is 1.29 bits per heavy atom. The van der Waals surface area contributed by atoms with E-state index in [1.807, 2.05) is 18.2 Å². The van der Waals surface area contributed by atoms with Crippen molar-refractivity contribution in [2.45, 2.75) is 0 Å². The maximum absolute atomic E-state index is 11.4. The Bertz CT molecular complexity index is 747. The average molecular weight is 350 g/mol. The predicted molar refractivity (Wildman–Crippen MR) is 95.8 cm³/mol. The largest absolute Gasteiger partial charge is 0.378 e. The van der Waals surface area contributed by atoms with Crippen LogP contribution in [0.15, 0.2) is 24.3 Å². The lowest BCUT2D eigenvalue weighted by molar-refractivity contribution is -0.384. The number of fused-ring (bicyclic) bond motifs is 1. The fourth-order valence-corrected chi connectivity index (χ4v) is 3.18. The number of nitrogens with zero attached hydrogens (tertiary/aromatic N) is 4. The van der Waals surface area contributed by atoms with Crippen LogP contribution in [0.1, 0.15) is 0 Å². The topological polar surface area (TPSA) is 74.5 Å². The Balaban J connectivity index is 1.79. The van der Waals surface area contributed by atoms with Crippen LogP contribution in [0.5, 0.6) is 0 Å². The second-order valence-corrected chi connectivity index (χ2v) is 6.33. The molecule has 1 aromatic heterocycles. The van der Waals surface area contributed by atoms with Gasteiger partial charge >= 0.3 is 5.69 Å². The highest BCUT2D eigenvalue weighted by molar-refractivity contribution is 6.33. The van der Waals surface area contributed by atoms with Crippen molar-refractivity contribution in [1.29, 1.82) is 0 Å². The summed E-state index contributed by atoms with van der Waals surface area (Å²) < 4.78 is 0. The lowest BCUT2D eigenvalue weighted by Crippen LogP contribution is -2.45. The highest BCUT2D eigenvalue weighted by Gasteiger charge is 2.23. The molecule has 8 heteroatoms. The number of nitrogens with one attached hydrogen (secondary N) is 1. The normalized spacial score (nSPS) is 16.4. The molecule has 0 spiro atoms. The average Bonchev–Trinajstić information content (AvgIpc) is 2.56. The summed E-state index contributed by atoms with van der Waals surface area (Å²) in [4.78, 5) is 19.7. The van der Waals surface area contributed by atoms with Crippen LogP contribution in [-0.2, 0) is 0 Å².